The molecule has 1 aliphatic rings. The first-order chi connectivity index (χ1) is 13.4. The first kappa shape index (κ1) is 20.6. The van der Waals surface area contributed by atoms with E-state index in [2.05, 4.69) is 10.6 Å². The number of hydrogen-bond acceptors (Lipinski definition) is 4. The molecule has 6 nitrogen and oxygen atoms in total. The maximum absolute atomic E-state index is 13.2. The fourth-order valence-electron chi connectivity index (χ4n) is 3.11. The molecule has 8 heteroatoms. The molecule has 0 spiro atoms. The van der Waals surface area contributed by atoms with E-state index in [1.807, 2.05) is 31.2 Å². The first-order valence-electron chi connectivity index (χ1n) is 9.23. The Hall–Kier alpha value is -2.16. The average Bonchev–Trinajstić information content (AvgIpc) is 2.70. The predicted octanol–water partition coefficient (Wildman–Crippen LogP) is 3.99. The van der Waals surface area contributed by atoms with Crippen LogP contribution in [0.2, 0.25) is 0 Å². The maximum Gasteiger partial charge on any atom is 0.245 e. The third-order valence-corrected chi connectivity index (χ3v) is 6.82. The highest BCUT2D eigenvalue weighted by molar-refractivity contribution is 7.89. The molecule has 2 N–H and O–H groups in total. The molecule has 0 aliphatic carbocycles. The summed E-state index contributed by atoms with van der Waals surface area (Å²) in [6, 6.07) is 12.7. The van der Waals surface area contributed by atoms with Crippen LogP contribution in [0.15, 0.2) is 47.4 Å². The van der Waals surface area contributed by atoms with Crippen molar-refractivity contribution in [1.82, 2.24) is 4.31 Å². The van der Waals surface area contributed by atoms with Crippen LogP contribution in [0.3, 0.4) is 0 Å². The number of thiocarbonyl (C=S) groups is 1. The molecule has 0 amide bonds. The topological polar surface area (TPSA) is 70.7 Å². The van der Waals surface area contributed by atoms with E-state index in [9.17, 15) is 8.42 Å². The third-order valence-electron chi connectivity index (χ3n) is 4.68. The third kappa shape index (κ3) is 4.81. The van der Waals surface area contributed by atoms with Gasteiger partial charge in [-0.2, -0.15) is 4.31 Å². The van der Waals surface area contributed by atoms with Crippen LogP contribution in [0, 0.1) is 6.92 Å². The van der Waals surface area contributed by atoms with Gasteiger partial charge in [0.1, 0.15) is 10.6 Å². The van der Waals surface area contributed by atoms with Crippen molar-refractivity contribution in [1.29, 1.82) is 0 Å². The van der Waals surface area contributed by atoms with Crippen molar-refractivity contribution < 1.29 is 13.2 Å². The van der Waals surface area contributed by atoms with E-state index in [1.165, 1.54) is 11.4 Å². The summed E-state index contributed by atoms with van der Waals surface area (Å²) < 4.78 is 33.2. The van der Waals surface area contributed by atoms with Gasteiger partial charge in [0.2, 0.25) is 10.0 Å². The number of methoxy groups -OCH3 is 1. The smallest absolute Gasteiger partial charge is 0.245 e. The zero-order valence-electron chi connectivity index (χ0n) is 16.1. The minimum absolute atomic E-state index is 0.168. The SMILES string of the molecule is COc1ccc(NC(=S)Nc2ccc(C)cc2)c(S(=O)(=O)N2CCCCC2)c1. The highest BCUT2D eigenvalue weighted by Gasteiger charge is 2.29. The van der Waals surface area contributed by atoms with Crippen LogP contribution in [-0.4, -0.2) is 38.0 Å². The van der Waals surface area contributed by atoms with Crippen LogP contribution in [0.4, 0.5) is 11.4 Å². The van der Waals surface area contributed by atoms with Crippen molar-refractivity contribution in [2.45, 2.75) is 31.1 Å². The summed E-state index contributed by atoms with van der Waals surface area (Å²) >= 11 is 5.39. The quantitative estimate of drug-likeness (QED) is 0.714. The molecule has 0 unspecified atom stereocenters. The second-order valence-corrected chi connectivity index (χ2v) is 9.09. The van der Waals surface area contributed by atoms with Gasteiger partial charge < -0.3 is 15.4 Å². The van der Waals surface area contributed by atoms with Crippen LogP contribution in [-0.2, 0) is 10.0 Å². The Bertz CT molecular complexity index is 938. The van der Waals surface area contributed by atoms with Crippen molar-refractivity contribution >= 4 is 38.7 Å². The van der Waals surface area contributed by atoms with Crippen molar-refractivity contribution in [3.05, 3.63) is 48.0 Å². The van der Waals surface area contributed by atoms with Crippen LogP contribution < -0.4 is 15.4 Å². The number of nitrogens with zero attached hydrogens (tertiary/aromatic N) is 1. The maximum atomic E-state index is 13.2. The van der Waals surface area contributed by atoms with Crippen molar-refractivity contribution in [2.24, 2.45) is 0 Å². The van der Waals surface area contributed by atoms with E-state index in [0.717, 1.165) is 30.5 Å². The van der Waals surface area contributed by atoms with Crippen molar-refractivity contribution in [3.8, 4) is 5.75 Å². The van der Waals surface area contributed by atoms with E-state index < -0.39 is 10.0 Å². The standard InChI is InChI=1S/C20H25N3O3S2/c1-15-6-8-16(9-7-15)21-20(27)22-18-11-10-17(26-2)14-19(18)28(24,25)23-12-4-3-5-13-23/h6-11,14H,3-5,12-13H2,1-2H3,(H2,21,22,27). The molecule has 0 atom stereocenters. The van der Waals surface area contributed by atoms with Crippen LogP contribution in [0.25, 0.3) is 0 Å². The number of sulfonamides is 1. The molecule has 1 saturated heterocycles. The molecule has 0 aromatic heterocycles. The number of nitrogens with one attached hydrogen (secondary N) is 2. The lowest BCUT2D eigenvalue weighted by atomic mass is 10.2. The molecule has 2 aromatic carbocycles. The molecule has 0 saturated carbocycles. The van der Waals surface area contributed by atoms with E-state index >= 15 is 0 Å². The summed E-state index contributed by atoms with van der Waals surface area (Å²) in [5, 5.41) is 6.44. The highest BCUT2D eigenvalue weighted by Crippen LogP contribution is 2.30. The van der Waals surface area contributed by atoms with Crippen LogP contribution >= 0.6 is 12.2 Å². The molecule has 1 heterocycles. The van der Waals surface area contributed by atoms with Crippen LogP contribution in [0.5, 0.6) is 5.75 Å². The Kier molecular flexibility index (Phi) is 6.53. The Morgan fingerprint density at radius 1 is 1.04 bits per heavy atom. The van der Waals surface area contributed by atoms with Crippen molar-refractivity contribution in [3.63, 3.8) is 0 Å². The zero-order valence-corrected chi connectivity index (χ0v) is 17.7. The Labute approximate surface area is 171 Å². The lowest BCUT2D eigenvalue weighted by molar-refractivity contribution is 0.346. The summed E-state index contributed by atoms with van der Waals surface area (Å²) in [6.45, 7) is 3.07. The summed E-state index contributed by atoms with van der Waals surface area (Å²) in [5.74, 6) is 0.485. The lowest BCUT2D eigenvalue weighted by Crippen LogP contribution is -2.36. The Morgan fingerprint density at radius 2 is 1.71 bits per heavy atom. The van der Waals surface area contributed by atoms with Gasteiger partial charge in [-0.3, -0.25) is 0 Å². The summed E-state index contributed by atoms with van der Waals surface area (Å²) in [5.41, 5.74) is 2.41. The molecule has 1 aliphatic heterocycles. The fraction of sp³-hybridized carbons (Fsp3) is 0.350. The number of rotatable bonds is 5. The largest absolute Gasteiger partial charge is 0.497 e. The van der Waals surface area contributed by atoms with Gasteiger partial charge in [0.05, 0.1) is 12.8 Å². The van der Waals surface area contributed by atoms with Gasteiger partial charge in [-0.15, -0.1) is 0 Å². The molecule has 1 fully saturated rings. The molecule has 28 heavy (non-hydrogen) atoms. The molecule has 0 bridgehead atoms. The number of benzene rings is 2. The average molecular weight is 420 g/mol. The van der Waals surface area contributed by atoms with E-state index in [4.69, 9.17) is 17.0 Å². The van der Waals surface area contributed by atoms with E-state index in [1.54, 1.807) is 18.2 Å². The Morgan fingerprint density at radius 3 is 2.36 bits per heavy atom. The first-order valence-corrected chi connectivity index (χ1v) is 11.1. The van der Waals surface area contributed by atoms with Gasteiger partial charge in [-0.05, 0) is 56.2 Å². The highest BCUT2D eigenvalue weighted by atomic mass is 32.2. The zero-order chi connectivity index (χ0) is 20.1. The second kappa shape index (κ2) is 8.89. The van der Waals surface area contributed by atoms with Crippen molar-refractivity contribution in [2.75, 3.05) is 30.8 Å². The number of hydrogen-bond donors (Lipinski definition) is 2. The molecule has 0 radical (unpaired) electrons. The number of anilines is 2. The van der Waals surface area contributed by atoms with Gasteiger partial charge in [0.15, 0.2) is 5.11 Å². The molecule has 150 valence electrons. The predicted molar refractivity (Wildman–Crippen MR) is 117 cm³/mol. The van der Waals surface area contributed by atoms with Gasteiger partial charge in [0, 0.05) is 24.8 Å². The van der Waals surface area contributed by atoms with E-state index in [-0.39, 0.29) is 4.90 Å². The number of aryl methyl sites for hydroxylation is 1. The van der Waals surface area contributed by atoms with Gasteiger partial charge in [-0.25, -0.2) is 8.42 Å². The van der Waals surface area contributed by atoms with Gasteiger partial charge in [-0.1, -0.05) is 24.1 Å². The summed E-state index contributed by atoms with van der Waals surface area (Å²) in [7, 11) is -2.13. The van der Waals surface area contributed by atoms with Crippen LogP contribution in [0.1, 0.15) is 24.8 Å². The Balaban J connectivity index is 1.86. The lowest BCUT2D eigenvalue weighted by Gasteiger charge is -2.27. The molecule has 3 rings (SSSR count). The molecular weight excluding hydrogens is 394 g/mol. The minimum atomic E-state index is -3.65. The van der Waals surface area contributed by atoms with Gasteiger partial charge >= 0.3 is 0 Å². The summed E-state index contributed by atoms with van der Waals surface area (Å²) in [4.78, 5) is 0.168. The monoisotopic (exact) mass is 419 g/mol. The minimum Gasteiger partial charge on any atom is -0.497 e. The second-order valence-electron chi connectivity index (χ2n) is 6.77. The fourth-order valence-corrected chi connectivity index (χ4v) is 5.02. The van der Waals surface area contributed by atoms with Gasteiger partial charge in [0.25, 0.3) is 0 Å². The molecular formula is C20H25N3O3S2. The van der Waals surface area contributed by atoms with E-state index in [0.29, 0.717) is 29.6 Å². The molecule has 2 aromatic rings. The number of ether oxygens (including phenoxy) is 1. The number of piperidine rings is 1. The normalized spacial score (nSPS) is 15.1. The summed E-state index contributed by atoms with van der Waals surface area (Å²) in [6.07, 6.45) is 2.80.